The van der Waals surface area contributed by atoms with Gasteiger partial charge in [0.25, 0.3) is 0 Å². The molecule has 4 aromatic carbocycles. The Hall–Kier alpha value is -3.12. The molecule has 0 nitrogen and oxygen atoms in total. The second kappa shape index (κ2) is 7.69. The highest BCUT2D eigenvalue weighted by Crippen LogP contribution is 2.64. The Bertz CT molecular complexity index is 1510. The van der Waals surface area contributed by atoms with Crippen molar-refractivity contribution < 1.29 is 0 Å². The second-order valence-electron chi connectivity index (χ2n) is 11.1. The Labute approximate surface area is 211 Å². The van der Waals surface area contributed by atoms with Gasteiger partial charge in [-0.15, -0.1) is 0 Å². The van der Waals surface area contributed by atoms with E-state index < -0.39 is 0 Å². The summed E-state index contributed by atoms with van der Waals surface area (Å²) in [7, 11) is 0. The molecule has 1 spiro atoms. The van der Waals surface area contributed by atoms with Crippen LogP contribution in [0.3, 0.4) is 0 Å². The Kier molecular flexibility index (Phi) is 4.91. The van der Waals surface area contributed by atoms with Gasteiger partial charge < -0.3 is 0 Å². The molecule has 176 valence electrons. The van der Waals surface area contributed by atoms with Gasteiger partial charge in [-0.1, -0.05) is 96.8 Å². The van der Waals surface area contributed by atoms with Crippen LogP contribution in [-0.2, 0) is 5.41 Å². The first-order chi connectivity index (χ1) is 16.8. The topological polar surface area (TPSA) is 0 Å². The monoisotopic (exact) mass is 456 g/mol. The first-order valence-corrected chi connectivity index (χ1v) is 13.3. The average molecular weight is 457 g/mol. The maximum Gasteiger partial charge on any atom is 0.0726 e. The van der Waals surface area contributed by atoms with Gasteiger partial charge in [0.2, 0.25) is 0 Å². The van der Waals surface area contributed by atoms with E-state index in [9.17, 15) is 0 Å². The zero-order valence-corrected chi connectivity index (χ0v) is 22.3. The van der Waals surface area contributed by atoms with E-state index in [2.05, 4.69) is 109 Å². The zero-order valence-electron chi connectivity index (χ0n) is 22.3. The number of hydrogen-bond donors (Lipinski definition) is 0. The molecule has 1 unspecified atom stereocenters. The molecule has 0 aliphatic heterocycles. The summed E-state index contributed by atoms with van der Waals surface area (Å²) in [6.07, 6.45) is 2.34. The van der Waals surface area contributed by atoms with Gasteiger partial charge in [-0.05, 0) is 109 Å². The van der Waals surface area contributed by atoms with Crippen LogP contribution < -0.4 is 0 Å². The minimum atomic E-state index is -0.253. The van der Waals surface area contributed by atoms with Gasteiger partial charge in [0.05, 0.1) is 5.41 Å². The van der Waals surface area contributed by atoms with Crippen LogP contribution in [0.5, 0.6) is 0 Å². The number of hydrogen-bond acceptors (Lipinski definition) is 0. The quantitative estimate of drug-likeness (QED) is 0.249. The summed E-state index contributed by atoms with van der Waals surface area (Å²) in [5.41, 5.74) is 19.8. The predicted molar refractivity (Wildman–Crippen MR) is 150 cm³/mol. The molecule has 1 atom stereocenters. The van der Waals surface area contributed by atoms with Crippen LogP contribution in [-0.4, -0.2) is 0 Å². The summed E-state index contributed by atoms with van der Waals surface area (Å²) in [6.45, 7) is 16.0. The molecule has 0 amide bonds. The van der Waals surface area contributed by atoms with Crippen molar-refractivity contribution in [1.82, 2.24) is 0 Å². The van der Waals surface area contributed by atoms with Gasteiger partial charge in [-0.3, -0.25) is 0 Å². The molecule has 2 aliphatic carbocycles. The van der Waals surface area contributed by atoms with Gasteiger partial charge in [0, 0.05) is 0 Å². The van der Waals surface area contributed by atoms with Crippen molar-refractivity contribution in [1.29, 1.82) is 0 Å². The molecule has 0 bridgehead atoms. The number of fused-ring (bicyclic) bond motifs is 10. The van der Waals surface area contributed by atoms with E-state index in [0.29, 0.717) is 5.92 Å². The molecule has 35 heavy (non-hydrogen) atoms. The smallest absolute Gasteiger partial charge is 0.0648 e. The largest absolute Gasteiger partial charge is 0.0726 e. The zero-order chi connectivity index (χ0) is 24.6. The van der Waals surface area contributed by atoms with E-state index in [-0.39, 0.29) is 5.41 Å². The van der Waals surface area contributed by atoms with Crippen LogP contribution >= 0.6 is 0 Å². The Morgan fingerprint density at radius 3 is 1.60 bits per heavy atom. The van der Waals surface area contributed by atoms with Crippen LogP contribution in [0.2, 0.25) is 0 Å². The summed E-state index contributed by atoms with van der Waals surface area (Å²) in [5.74, 6) is 0.574. The van der Waals surface area contributed by atoms with Gasteiger partial charge in [-0.2, -0.15) is 0 Å². The first-order valence-electron chi connectivity index (χ1n) is 13.3. The SMILES string of the molecule is CCC(CC)c1cc(C)cc2c1-c1ccc(C)cc1C21c2cc(C)ccc2-c2c(C)cc(C)cc21. The van der Waals surface area contributed by atoms with Crippen LogP contribution in [0.1, 0.15) is 88.2 Å². The summed E-state index contributed by atoms with van der Waals surface area (Å²) in [4.78, 5) is 0. The number of benzene rings is 4. The second-order valence-corrected chi connectivity index (χ2v) is 11.1. The molecule has 2 aliphatic rings. The first kappa shape index (κ1) is 22.4. The molecular formula is C35H36. The molecule has 0 saturated heterocycles. The average Bonchev–Trinajstić information content (AvgIpc) is 3.25. The van der Waals surface area contributed by atoms with Crippen molar-refractivity contribution in [3.63, 3.8) is 0 Å². The summed E-state index contributed by atoms with van der Waals surface area (Å²) < 4.78 is 0. The van der Waals surface area contributed by atoms with E-state index >= 15 is 0 Å². The Morgan fingerprint density at radius 1 is 0.543 bits per heavy atom. The van der Waals surface area contributed by atoms with Crippen LogP contribution in [0.4, 0.5) is 0 Å². The van der Waals surface area contributed by atoms with Crippen LogP contribution in [0.15, 0.2) is 60.7 Å². The van der Waals surface area contributed by atoms with Crippen molar-refractivity contribution in [2.24, 2.45) is 0 Å². The van der Waals surface area contributed by atoms with E-state index in [1.54, 1.807) is 5.56 Å². The lowest BCUT2D eigenvalue weighted by Crippen LogP contribution is -2.26. The summed E-state index contributed by atoms with van der Waals surface area (Å²) in [6, 6.07) is 24.2. The molecule has 4 aromatic rings. The van der Waals surface area contributed by atoms with Gasteiger partial charge in [0.15, 0.2) is 0 Å². The molecule has 0 aromatic heterocycles. The highest BCUT2D eigenvalue weighted by atomic mass is 14.5. The third-order valence-electron chi connectivity index (χ3n) is 8.72. The fraction of sp³-hybridized carbons (Fsp3) is 0.314. The van der Waals surface area contributed by atoms with Gasteiger partial charge >= 0.3 is 0 Å². The highest BCUT2D eigenvalue weighted by Gasteiger charge is 2.53. The van der Waals surface area contributed by atoms with E-state index in [1.165, 1.54) is 85.2 Å². The van der Waals surface area contributed by atoms with E-state index in [4.69, 9.17) is 0 Å². The van der Waals surface area contributed by atoms with Gasteiger partial charge in [0.1, 0.15) is 0 Å². The standard InChI is InChI=1S/C35H36/c1-8-25(9-2)28-15-23(6)19-32-34(28)27-13-11-21(4)17-30(27)35(32)29-16-20(3)10-12-26(29)33-24(7)14-22(5)18-31(33)35/h10-19,25H,8-9H2,1-7H3. The normalized spacial score (nSPS) is 17.0. The summed E-state index contributed by atoms with van der Waals surface area (Å²) >= 11 is 0. The minimum Gasteiger partial charge on any atom is -0.0648 e. The number of rotatable bonds is 3. The van der Waals surface area contributed by atoms with Crippen molar-refractivity contribution in [2.75, 3.05) is 0 Å². The molecule has 6 rings (SSSR count). The van der Waals surface area contributed by atoms with Gasteiger partial charge in [-0.25, -0.2) is 0 Å². The van der Waals surface area contributed by atoms with Crippen molar-refractivity contribution in [3.05, 3.63) is 116 Å². The fourth-order valence-electron chi connectivity index (χ4n) is 7.33. The maximum atomic E-state index is 2.51. The highest BCUT2D eigenvalue weighted by molar-refractivity contribution is 5.97. The fourth-order valence-corrected chi connectivity index (χ4v) is 7.33. The molecule has 0 fully saturated rings. The van der Waals surface area contributed by atoms with Crippen molar-refractivity contribution >= 4 is 0 Å². The number of aryl methyl sites for hydroxylation is 5. The van der Waals surface area contributed by atoms with E-state index in [0.717, 1.165) is 0 Å². The maximum absolute atomic E-state index is 2.51. The molecule has 0 N–H and O–H groups in total. The molecule has 0 saturated carbocycles. The lowest BCUT2D eigenvalue weighted by Gasteiger charge is -2.32. The Balaban J connectivity index is 1.87. The third kappa shape index (κ3) is 2.86. The Morgan fingerprint density at radius 2 is 1.03 bits per heavy atom. The lowest BCUT2D eigenvalue weighted by atomic mass is 9.69. The predicted octanol–water partition coefficient (Wildman–Crippen LogP) is 9.48. The van der Waals surface area contributed by atoms with Crippen LogP contribution in [0, 0.1) is 34.6 Å². The minimum absolute atomic E-state index is 0.253. The van der Waals surface area contributed by atoms with Crippen LogP contribution in [0.25, 0.3) is 22.3 Å². The van der Waals surface area contributed by atoms with E-state index in [1.807, 2.05) is 0 Å². The molecular weight excluding hydrogens is 420 g/mol. The lowest BCUT2D eigenvalue weighted by molar-refractivity contribution is 0.641. The van der Waals surface area contributed by atoms with Crippen molar-refractivity contribution in [2.45, 2.75) is 72.6 Å². The van der Waals surface area contributed by atoms with Crippen molar-refractivity contribution in [3.8, 4) is 22.3 Å². The molecule has 0 radical (unpaired) electrons. The molecule has 0 heteroatoms. The summed E-state index contributed by atoms with van der Waals surface area (Å²) in [5, 5.41) is 0. The molecule has 0 heterocycles. The third-order valence-corrected chi connectivity index (χ3v) is 8.72.